The van der Waals surface area contributed by atoms with Gasteiger partial charge in [0.1, 0.15) is 0 Å². The Balaban J connectivity index is 1.55. The van der Waals surface area contributed by atoms with Crippen LogP contribution in [-0.2, 0) is 6.54 Å². The molecular formula is C18H25N3. The summed E-state index contributed by atoms with van der Waals surface area (Å²) in [7, 11) is 0. The Bertz CT molecular complexity index is 586. The fourth-order valence-electron chi connectivity index (χ4n) is 3.12. The van der Waals surface area contributed by atoms with Crippen LogP contribution < -0.4 is 5.32 Å². The number of pyridine rings is 1. The van der Waals surface area contributed by atoms with Gasteiger partial charge in [-0.05, 0) is 63.5 Å². The van der Waals surface area contributed by atoms with Crippen molar-refractivity contribution < 1.29 is 0 Å². The maximum Gasteiger partial charge on any atom is 0.0702 e. The van der Waals surface area contributed by atoms with E-state index in [1.165, 1.54) is 36.9 Å². The van der Waals surface area contributed by atoms with Gasteiger partial charge in [0.05, 0.1) is 5.52 Å². The molecule has 0 spiro atoms. The lowest BCUT2D eigenvalue weighted by molar-refractivity contribution is 0.161. The zero-order valence-corrected chi connectivity index (χ0v) is 13.0. The van der Waals surface area contributed by atoms with Crippen molar-refractivity contribution in [3.8, 4) is 0 Å². The third-order valence-electron chi connectivity index (χ3n) is 4.52. The zero-order valence-electron chi connectivity index (χ0n) is 13.0. The van der Waals surface area contributed by atoms with Crippen molar-refractivity contribution in [3.63, 3.8) is 0 Å². The second-order valence-electron chi connectivity index (χ2n) is 6.32. The minimum atomic E-state index is 0.657. The molecule has 1 fully saturated rings. The molecule has 0 aliphatic carbocycles. The molecule has 1 aliphatic heterocycles. The SMILES string of the molecule is CC(C)N1CCC(NCc2ccc3ncccc3c2)CC1. The lowest BCUT2D eigenvalue weighted by Crippen LogP contribution is -2.44. The molecule has 0 unspecified atom stereocenters. The largest absolute Gasteiger partial charge is 0.310 e. The van der Waals surface area contributed by atoms with Gasteiger partial charge in [-0.2, -0.15) is 0 Å². The second-order valence-corrected chi connectivity index (χ2v) is 6.32. The van der Waals surface area contributed by atoms with Crippen molar-refractivity contribution in [2.75, 3.05) is 13.1 Å². The Morgan fingerprint density at radius 1 is 1.24 bits per heavy atom. The molecule has 112 valence electrons. The van der Waals surface area contributed by atoms with Gasteiger partial charge in [-0.15, -0.1) is 0 Å². The predicted molar refractivity (Wildman–Crippen MR) is 88.3 cm³/mol. The normalized spacial score (nSPS) is 17.7. The quantitative estimate of drug-likeness (QED) is 0.934. The summed E-state index contributed by atoms with van der Waals surface area (Å²) in [5, 5.41) is 4.94. The summed E-state index contributed by atoms with van der Waals surface area (Å²) in [6.07, 6.45) is 4.36. The zero-order chi connectivity index (χ0) is 14.7. The Morgan fingerprint density at radius 3 is 2.81 bits per heavy atom. The van der Waals surface area contributed by atoms with Crippen LogP contribution in [0, 0.1) is 0 Å². The average Bonchev–Trinajstić information content (AvgIpc) is 2.53. The first-order chi connectivity index (χ1) is 10.2. The first-order valence-electron chi connectivity index (χ1n) is 8.03. The van der Waals surface area contributed by atoms with E-state index >= 15 is 0 Å². The molecule has 1 aromatic carbocycles. The maximum absolute atomic E-state index is 4.37. The van der Waals surface area contributed by atoms with E-state index in [0.29, 0.717) is 12.1 Å². The van der Waals surface area contributed by atoms with Crippen LogP contribution in [0.2, 0.25) is 0 Å². The Labute approximate surface area is 127 Å². The molecule has 0 bridgehead atoms. The van der Waals surface area contributed by atoms with Gasteiger partial charge in [0.25, 0.3) is 0 Å². The second kappa shape index (κ2) is 6.54. The van der Waals surface area contributed by atoms with Crippen LogP contribution in [0.25, 0.3) is 10.9 Å². The van der Waals surface area contributed by atoms with E-state index in [0.717, 1.165) is 12.1 Å². The smallest absolute Gasteiger partial charge is 0.0702 e. The highest BCUT2D eigenvalue weighted by Gasteiger charge is 2.20. The first-order valence-corrected chi connectivity index (χ1v) is 8.03. The fourth-order valence-corrected chi connectivity index (χ4v) is 3.12. The van der Waals surface area contributed by atoms with E-state index in [1.807, 2.05) is 12.3 Å². The standard InChI is InChI=1S/C18H25N3/c1-14(2)21-10-7-17(8-11-21)20-13-15-5-6-18-16(12-15)4-3-9-19-18/h3-6,9,12,14,17,20H,7-8,10-11,13H2,1-2H3. The van der Waals surface area contributed by atoms with Gasteiger partial charge in [-0.1, -0.05) is 12.1 Å². The highest BCUT2D eigenvalue weighted by atomic mass is 15.2. The number of nitrogens with one attached hydrogen (secondary N) is 1. The summed E-state index contributed by atoms with van der Waals surface area (Å²) in [6.45, 7) is 7.97. The van der Waals surface area contributed by atoms with Crippen molar-refractivity contribution in [1.82, 2.24) is 15.2 Å². The monoisotopic (exact) mass is 283 g/mol. The third-order valence-corrected chi connectivity index (χ3v) is 4.52. The van der Waals surface area contributed by atoms with Gasteiger partial charge in [0.15, 0.2) is 0 Å². The molecule has 3 heteroatoms. The molecule has 3 rings (SSSR count). The molecule has 0 radical (unpaired) electrons. The summed E-state index contributed by atoms with van der Waals surface area (Å²) < 4.78 is 0. The van der Waals surface area contributed by atoms with Crippen molar-refractivity contribution in [2.24, 2.45) is 0 Å². The van der Waals surface area contributed by atoms with Crippen LogP contribution in [0.3, 0.4) is 0 Å². The molecule has 2 heterocycles. The number of likely N-dealkylation sites (tertiary alicyclic amines) is 1. The van der Waals surface area contributed by atoms with Gasteiger partial charge >= 0.3 is 0 Å². The number of fused-ring (bicyclic) bond motifs is 1. The summed E-state index contributed by atoms with van der Waals surface area (Å²) >= 11 is 0. The van der Waals surface area contributed by atoms with E-state index in [2.05, 4.69) is 53.3 Å². The van der Waals surface area contributed by atoms with Crippen molar-refractivity contribution >= 4 is 10.9 Å². The van der Waals surface area contributed by atoms with Gasteiger partial charge in [0, 0.05) is 30.2 Å². The highest BCUT2D eigenvalue weighted by Crippen LogP contribution is 2.16. The molecule has 0 atom stereocenters. The molecule has 0 saturated carbocycles. The number of rotatable bonds is 4. The summed E-state index contributed by atoms with van der Waals surface area (Å²) in [6, 6.07) is 12.0. The van der Waals surface area contributed by atoms with Crippen LogP contribution in [0.1, 0.15) is 32.3 Å². The van der Waals surface area contributed by atoms with Crippen molar-refractivity contribution in [3.05, 3.63) is 42.1 Å². The molecule has 1 N–H and O–H groups in total. The molecule has 1 aromatic heterocycles. The molecule has 3 nitrogen and oxygen atoms in total. The van der Waals surface area contributed by atoms with E-state index < -0.39 is 0 Å². The van der Waals surface area contributed by atoms with Gasteiger partial charge in [-0.25, -0.2) is 0 Å². The maximum atomic E-state index is 4.37. The molecular weight excluding hydrogens is 258 g/mol. The summed E-state index contributed by atoms with van der Waals surface area (Å²) in [5.41, 5.74) is 2.42. The lowest BCUT2D eigenvalue weighted by atomic mass is 10.0. The van der Waals surface area contributed by atoms with E-state index in [1.54, 1.807) is 0 Å². The Morgan fingerprint density at radius 2 is 2.05 bits per heavy atom. The average molecular weight is 283 g/mol. The Kier molecular flexibility index (Phi) is 4.51. The highest BCUT2D eigenvalue weighted by molar-refractivity contribution is 5.78. The molecule has 2 aromatic rings. The molecule has 1 aliphatic rings. The number of aromatic nitrogens is 1. The predicted octanol–water partition coefficient (Wildman–Crippen LogP) is 3.20. The van der Waals surface area contributed by atoms with Crippen molar-refractivity contribution in [2.45, 2.75) is 45.3 Å². The first kappa shape index (κ1) is 14.5. The minimum absolute atomic E-state index is 0.657. The summed E-state index contributed by atoms with van der Waals surface area (Å²) in [4.78, 5) is 6.94. The minimum Gasteiger partial charge on any atom is -0.310 e. The Hall–Kier alpha value is -1.45. The number of hydrogen-bond acceptors (Lipinski definition) is 3. The number of benzene rings is 1. The topological polar surface area (TPSA) is 28.2 Å². The van der Waals surface area contributed by atoms with Gasteiger partial charge < -0.3 is 10.2 Å². The number of nitrogens with zero attached hydrogens (tertiary/aromatic N) is 2. The van der Waals surface area contributed by atoms with Crippen LogP contribution in [-0.4, -0.2) is 35.1 Å². The van der Waals surface area contributed by atoms with Gasteiger partial charge in [-0.3, -0.25) is 4.98 Å². The number of hydrogen-bond donors (Lipinski definition) is 1. The van der Waals surface area contributed by atoms with Crippen LogP contribution >= 0.6 is 0 Å². The van der Waals surface area contributed by atoms with Crippen LogP contribution in [0.5, 0.6) is 0 Å². The lowest BCUT2D eigenvalue weighted by Gasteiger charge is -2.35. The van der Waals surface area contributed by atoms with E-state index in [-0.39, 0.29) is 0 Å². The molecule has 21 heavy (non-hydrogen) atoms. The van der Waals surface area contributed by atoms with E-state index in [4.69, 9.17) is 0 Å². The molecule has 1 saturated heterocycles. The fraction of sp³-hybridized carbons (Fsp3) is 0.500. The van der Waals surface area contributed by atoms with E-state index in [9.17, 15) is 0 Å². The third kappa shape index (κ3) is 3.60. The van der Waals surface area contributed by atoms with Crippen LogP contribution in [0.15, 0.2) is 36.5 Å². The molecule has 0 amide bonds. The number of piperidine rings is 1. The summed E-state index contributed by atoms with van der Waals surface area (Å²) in [5.74, 6) is 0. The van der Waals surface area contributed by atoms with Crippen molar-refractivity contribution in [1.29, 1.82) is 0 Å². The van der Waals surface area contributed by atoms with Gasteiger partial charge in [0.2, 0.25) is 0 Å². The van der Waals surface area contributed by atoms with Crippen LogP contribution in [0.4, 0.5) is 0 Å².